The molecule has 3 unspecified atom stereocenters. The second kappa shape index (κ2) is 7.44. The monoisotopic (exact) mass is 345 g/mol. The van der Waals surface area contributed by atoms with Crippen LogP contribution in [0.5, 0.6) is 5.75 Å². The van der Waals surface area contributed by atoms with Gasteiger partial charge in [-0.05, 0) is 43.0 Å². The molecule has 2 aliphatic heterocycles. The largest absolute Gasteiger partial charge is 0.497 e. The van der Waals surface area contributed by atoms with Crippen LogP contribution >= 0.6 is 0 Å². The van der Waals surface area contributed by atoms with Crippen LogP contribution in [0.15, 0.2) is 24.3 Å². The van der Waals surface area contributed by atoms with Crippen LogP contribution in [0, 0.1) is 11.8 Å². The Labute approximate surface area is 148 Å². The van der Waals surface area contributed by atoms with E-state index in [4.69, 9.17) is 10.5 Å². The summed E-state index contributed by atoms with van der Waals surface area (Å²) in [6, 6.07) is 7.47. The molecule has 2 amide bonds. The summed E-state index contributed by atoms with van der Waals surface area (Å²) in [6.45, 7) is 3.87. The average Bonchev–Trinajstić information content (AvgIpc) is 3.02. The fourth-order valence-electron chi connectivity index (χ4n) is 3.88. The SMILES string of the molecule is COc1ccc(N2CC(C(=O)N3CCC(C)CC3CN)CC2=O)cc1. The van der Waals surface area contributed by atoms with Crippen LogP contribution in [0.3, 0.4) is 0 Å². The number of nitrogens with two attached hydrogens (primary N) is 1. The fraction of sp³-hybridized carbons (Fsp3) is 0.579. The Bertz CT molecular complexity index is 631. The number of piperidine rings is 1. The number of methoxy groups -OCH3 is 1. The number of ether oxygens (including phenoxy) is 1. The number of carbonyl (C=O) groups is 2. The Morgan fingerprint density at radius 1 is 1.32 bits per heavy atom. The predicted molar refractivity (Wildman–Crippen MR) is 96.4 cm³/mol. The van der Waals surface area contributed by atoms with Gasteiger partial charge in [0.2, 0.25) is 11.8 Å². The molecule has 3 atom stereocenters. The maximum Gasteiger partial charge on any atom is 0.228 e. The van der Waals surface area contributed by atoms with Crippen molar-refractivity contribution in [1.29, 1.82) is 0 Å². The number of anilines is 1. The second-order valence-corrected chi connectivity index (χ2v) is 7.15. The van der Waals surface area contributed by atoms with Crippen molar-refractivity contribution in [2.45, 2.75) is 32.2 Å². The Kier molecular flexibility index (Phi) is 5.27. The van der Waals surface area contributed by atoms with Gasteiger partial charge in [-0.15, -0.1) is 0 Å². The zero-order chi connectivity index (χ0) is 18.0. The second-order valence-electron chi connectivity index (χ2n) is 7.15. The quantitative estimate of drug-likeness (QED) is 0.900. The van der Waals surface area contributed by atoms with Gasteiger partial charge >= 0.3 is 0 Å². The van der Waals surface area contributed by atoms with E-state index in [2.05, 4.69) is 6.92 Å². The molecule has 0 aromatic heterocycles. The lowest BCUT2D eigenvalue weighted by molar-refractivity contribution is -0.139. The zero-order valence-corrected chi connectivity index (χ0v) is 15.0. The molecule has 0 bridgehead atoms. The molecule has 2 N–H and O–H groups in total. The van der Waals surface area contributed by atoms with E-state index in [1.807, 2.05) is 29.2 Å². The Morgan fingerprint density at radius 3 is 2.68 bits per heavy atom. The van der Waals surface area contributed by atoms with E-state index in [0.717, 1.165) is 30.8 Å². The van der Waals surface area contributed by atoms with Gasteiger partial charge in [0.05, 0.1) is 13.0 Å². The summed E-state index contributed by atoms with van der Waals surface area (Å²) in [5.74, 6) is 1.14. The lowest BCUT2D eigenvalue weighted by Crippen LogP contribution is -2.51. The first-order chi connectivity index (χ1) is 12.0. The molecule has 0 radical (unpaired) electrons. The van der Waals surface area contributed by atoms with Crippen LogP contribution in [0.1, 0.15) is 26.2 Å². The zero-order valence-electron chi connectivity index (χ0n) is 15.0. The number of likely N-dealkylation sites (tertiary alicyclic amines) is 1. The van der Waals surface area contributed by atoms with Crippen molar-refractivity contribution in [3.8, 4) is 5.75 Å². The van der Waals surface area contributed by atoms with Gasteiger partial charge in [0, 0.05) is 37.8 Å². The fourth-order valence-corrected chi connectivity index (χ4v) is 3.88. The summed E-state index contributed by atoms with van der Waals surface area (Å²) in [5, 5.41) is 0. The first kappa shape index (κ1) is 17.7. The summed E-state index contributed by atoms with van der Waals surface area (Å²) >= 11 is 0. The highest BCUT2D eigenvalue weighted by molar-refractivity contribution is 6.00. The minimum atomic E-state index is -0.281. The van der Waals surface area contributed by atoms with Gasteiger partial charge in [-0.2, -0.15) is 0 Å². The molecule has 0 spiro atoms. The first-order valence-electron chi connectivity index (χ1n) is 8.98. The molecule has 0 saturated carbocycles. The van der Waals surface area contributed by atoms with Crippen molar-refractivity contribution >= 4 is 17.5 Å². The molecule has 2 aliphatic rings. The minimum Gasteiger partial charge on any atom is -0.497 e. The van der Waals surface area contributed by atoms with Crippen LogP contribution in [0.2, 0.25) is 0 Å². The summed E-state index contributed by atoms with van der Waals surface area (Å²) in [5.41, 5.74) is 6.69. The van der Waals surface area contributed by atoms with Gasteiger partial charge in [-0.3, -0.25) is 9.59 Å². The van der Waals surface area contributed by atoms with E-state index in [1.54, 1.807) is 12.0 Å². The highest BCUT2D eigenvalue weighted by Gasteiger charge is 2.40. The molecular weight excluding hydrogens is 318 g/mol. The molecular formula is C19H27N3O3. The van der Waals surface area contributed by atoms with Gasteiger partial charge in [-0.25, -0.2) is 0 Å². The van der Waals surface area contributed by atoms with Crippen LogP contribution in [-0.4, -0.2) is 49.5 Å². The van der Waals surface area contributed by atoms with Crippen molar-refractivity contribution in [1.82, 2.24) is 4.90 Å². The molecule has 3 rings (SSSR count). The van der Waals surface area contributed by atoms with Gasteiger partial charge < -0.3 is 20.3 Å². The molecule has 0 aliphatic carbocycles. The Hall–Kier alpha value is -2.08. The number of rotatable bonds is 4. The molecule has 2 heterocycles. The van der Waals surface area contributed by atoms with Crippen molar-refractivity contribution < 1.29 is 14.3 Å². The molecule has 25 heavy (non-hydrogen) atoms. The summed E-state index contributed by atoms with van der Waals surface area (Å²) in [4.78, 5) is 29.0. The van der Waals surface area contributed by atoms with Gasteiger partial charge in [0.15, 0.2) is 0 Å². The number of amides is 2. The van der Waals surface area contributed by atoms with E-state index in [0.29, 0.717) is 19.0 Å². The molecule has 2 fully saturated rings. The minimum absolute atomic E-state index is 0.00167. The van der Waals surface area contributed by atoms with Crippen LogP contribution in [-0.2, 0) is 9.59 Å². The molecule has 2 saturated heterocycles. The summed E-state index contributed by atoms with van der Waals surface area (Å²) in [6.07, 6.45) is 2.23. The van der Waals surface area contributed by atoms with E-state index in [-0.39, 0.29) is 30.2 Å². The van der Waals surface area contributed by atoms with E-state index in [1.165, 1.54) is 0 Å². The Morgan fingerprint density at radius 2 is 2.04 bits per heavy atom. The van der Waals surface area contributed by atoms with Crippen molar-refractivity contribution in [2.75, 3.05) is 31.6 Å². The van der Waals surface area contributed by atoms with Gasteiger partial charge in [-0.1, -0.05) is 6.92 Å². The number of carbonyl (C=O) groups excluding carboxylic acids is 2. The van der Waals surface area contributed by atoms with Crippen molar-refractivity contribution in [3.05, 3.63) is 24.3 Å². The van der Waals surface area contributed by atoms with Crippen molar-refractivity contribution in [2.24, 2.45) is 17.6 Å². The summed E-state index contributed by atoms with van der Waals surface area (Å²) < 4.78 is 5.15. The molecule has 6 nitrogen and oxygen atoms in total. The lowest BCUT2D eigenvalue weighted by atomic mass is 9.91. The lowest BCUT2D eigenvalue weighted by Gasteiger charge is -2.39. The Balaban J connectivity index is 1.69. The molecule has 1 aromatic rings. The first-order valence-corrected chi connectivity index (χ1v) is 8.98. The highest BCUT2D eigenvalue weighted by Crippen LogP contribution is 2.30. The number of hydrogen-bond donors (Lipinski definition) is 1. The van der Waals surface area contributed by atoms with Crippen LogP contribution < -0.4 is 15.4 Å². The maximum absolute atomic E-state index is 13.0. The maximum atomic E-state index is 13.0. The third kappa shape index (κ3) is 3.63. The van der Waals surface area contributed by atoms with E-state index < -0.39 is 0 Å². The number of nitrogens with zero attached hydrogens (tertiary/aromatic N) is 2. The molecule has 6 heteroatoms. The third-order valence-corrected chi connectivity index (χ3v) is 5.39. The smallest absolute Gasteiger partial charge is 0.228 e. The highest BCUT2D eigenvalue weighted by atomic mass is 16.5. The van der Waals surface area contributed by atoms with Gasteiger partial charge in [0.25, 0.3) is 0 Å². The number of hydrogen-bond acceptors (Lipinski definition) is 4. The van der Waals surface area contributed by atoms with Crippen molar-refractivity contribution in [3.63, 3.8) is 0 Å². The average molecular weight is 345 g/mol. The third-order valence-electron chi connectivity index (χ3n) is 5.39. The van der Waals surface area contributed by atoms with Gasteiger partial charge in [0.1, 0.15) is 5.75 Å². The van der Waals surface area contributed by atoms with Crippen LogP contribution in [0.25, 0.3) is 0 Å². The van der Waals surface area contributed by atoms with E-state index >= 15 is 0 Å². The topological polar surface area (TPSA) is 75.9 Å². The standard InChI is InChI=1S/C19H27N3O3/c1-13-7-8-21(16(9-13)11-20)19(24)14-10-18(23)22(12-14)15-3-5-17(25-2)6-4-15/h3-6,13-14,16H,7-12,20H2,1-2H3. The summed E-state index contributed by atoms with van der Waals surface area (Å²) in [7, 11) is 1.61. The normalized spacial score (nSPS) is 26.8. The van der Waals surface area contributed by atoms with Crippen LogP contribution in [0.4, 0.5) is 5.69 Å². The molecule has 1 aromatic carbocycles. The van der Waals surface area contributed by atoms with E-state index in [9.17, 15) is 9.59 Å². The predicted octanol–water partition coefficient (Wildman–Crippen LogP) is 1.63. The molecule has 136 valence electrons. The number of benzene rings is 1.